The number of aryl methyl sites for hydroxylation is 4. The van der Waals surface area contributed by atoms with Gasteiger partial charge in [-0.2, -0.15) is 9.59 Å². The summed E-state index contributed by atoms with van der Waals surface area (Å²) in [5.74, 6) is -0.386. The number of thiazole rings is 2. The molecule has 20 heteroatoms. The number of fused-ring (bicyclic) bond motifs is 6. The second kappa shape index (κ2) is 39.6. The summed E-state index contributed by atoms with van der Waals surface area (Å²) in [7, 11) is 0. The Kier molecular flexibility index (Phi) is 30.0. The first-order chi connectivity index (χ1) is 53.3. The minimum atomic E-state index is -0.560. The first-order valence-electron chi connectivity index (χ1n) is 40.5. The molecule has 2 amide bonds. The molecule has 0 radical (unpaired) electrons. The van der Waals surface area contributed by atoms with Crippen molar-refractivity contribution < 1.29 is 47.3 Å². The van der Waals surface area contributed by atoms with Gasteiger partial charge in [0.15, 0.2) is 0 Å². The summed E-state index contributed by atoms with van der Waals surface area (Å²) in [6.45, 7) is 39.4. The molecule has 4 aromatic heterocycles. The van der Waals surface area contributed by atoms with Gasteiger partial charge in [0.1, 0.15) is 37.9 Å². The Labute approximate surface area is 656 Å². The summed E-state index contributed by atoms with van der Waals surface area (Å²) >= 11 is 2.96. The number of hydrogen-bond acceptors (Lipinski definition) is 16. The molecule has 0 spiro atoms. The fourth-order valence-corrected chi connectivity index (χ4v) is 18.0. The van der Waals surface area contributed by atoms with Crippen LogP contribution < -0.4 is 30.9 Å². The van der Waals surface area contributed by atoms with E-state index in [1.54, 1.807) is 9.80 Å². The van der Waals surface area contributed by atoms with Gasteiger partial charge >= 0.3 is 23.4 Å². The maximum atomic E-state index is 14.7. The Morgan fingerprint density at radius 2 is 0.873 bits per heavy atom. The maximum absolute atomic E-state index is 14.7. The number of aromatic nitrogens is 2. The topological polar surface area (TPSA) is 203 Å². The number of carbonyl (C=O) groups excluding carboxylic acids is 5. The number of carbonyl (C=O) groups is 3. The smallest absolute Gasteiger partial charge is 0.373 e. The largest absolute Gasteiger partial charge is 0.460 e. The molecule has 0 aliphatic carbocycles. The lowest BCUT2D eigenvalue weighted by Gasteiger charge is -2.37. The number of rotatable bonds is 24. The molecule has 4 aliphatic rings. The van der Waals surface area contributed by atoms with Gasteiger partial charge in [-0.3, -0.25) is 14.4 Å². The number of quaternary nitrogens is 2. The first-order valence-corrected chi connectivity index (χ1v) is 42.1. The minimum Gasteiger partial charge on any atom is -0.460 e. The van der Waals surface area contributed by atoms with Crippen LogP contribution in [-0.2, 0) is 44.8 Å². The average Bonchev–Trinajstić information content (AvgIpc) is 1.01. The van der Waals surface area contributed by atoms with Gasteiger partial charge in [-0.15, -0.1) is 22.7 Å². The minimum absolute atomic E-state index is 0.00742. The fraction of sp³-hybridized carbons (Fsp3) is 0.467. The molecule has 0 unspecified atom stereocenters. The molecular formula is C90H114N8O10S2+2. The van der Waals surface area contributed by atoms with E-state index in [1.165, 1.54) is 84.4 Å². The Morgan fingerprint density at radius 1 is 0.500 bits per heavy atom. The third-order valence-electron chi connectivity index (χ3n) is 21.5. The van der Waals surface area contributed by atoms with Gasteiger partial charge < -0.3 is 43.0 Å². The molecule has 8 heterocycles. The van der Waals surface area contributed by atoms with E-state index < -0.39 is 16.9 Å². The summed E-state index contributed by atoms with van der Waals surface area (Å²) in [6.07, 6.45) is 13.4. The Hall–Kier alpha value is -9.17. The fourth-order valence-electron chi connectivity index (χ4n) is 16.0. The van der Waals surface area contributed by atoms with Crippen molar-refractivity contribution in [1.29, 1.82) is 0 Å². The van der Waals surface area contributed by atoms with E-state index in [-0.39, 0.29) is 30.4 Å². The van der Waals surface area contributed by atoms with Gasteiger partial charge in [0.05, 0.1) is 59.7 Å². The quantitative estimate of drug-likeness (QED) is 0.0427. The van der Waals surface area contributed by atoms with Crippen molar-refractivity contribution >= 4 is 100 Å². The standard InChI is InChI=1S/C41H45N3O5S.C36H37N3O3S.2C6H15N.CO2/c1-5-6-21-44(24-13-20-33(45)49-41(2,3)4)39(46)28-16-8-7-15-27(28)34-30-25-26-14-11-22-43-23-12-17-29(36(26)43)37(30)48-40(47)35(34)38-42-31-18-9-10-19-32(31)50-38;1-3-5-19-39(18-4-2)35(40)25-14-7-6-13-24(25)30-27-22-23-12-10-20-38-21-11-15-26(32(23)38)33(27)42-36(41)31(30)34-37-28-16-8-9-17-29(28)43-34;2*1-4-7(5-2)6-3;2-1-3/h7-10,15-16,18-19,25H,5-6,11-14,17,20-24H2,1-4H3;6-9,13-14,16-17,22H,3-5,10-12,15,18-21H2,1-2H3;2*4-6H2,1-3H3;/p+2. The number of ether oxygens (including phenoxy) is 1. The van der Waals surface area contributed by atoms with Crippen LogP contribution in [0.5, 0.6) is 0 Å². The number of hydrogen-bond donors (Lipinski definition) is 2. The Bertz CT molecular complexity index is 4880. The van der Waals surface area contributed by atoms with E-state index in [0.29, 0.717) is 87.2 Å². The van der Waals surface area contributed by atoms with Gasteiger partial charge in [-0.1, -0.05) is 94.3 Å². The van der Waals surface area contributed by atoms with Crippen molar-refractivity contribution in [2.45, 2.75) is 185 Å². The first kappa shape index (κ1) is 83.3. The molecule has 4 aliphatic heterocycles. The molecule has 0 atom stereocenters. The van der Waals surface area contributed by atoms with Gasteiger partial charge in [-0.05, 0) is 210 Å². The van der Waals surface area contributed by atoms with Crippen molar-refractivity contribution in [3.8, 4) is 43.4 Å². The molecule has 14 rings (SSSR count). The molecular weight excluding hydrogens is 1420 g/mol. The highest BCUT2D eigenvalue weighted by Gasteiger charge is 2.35. The molecule has 0 bridgehead atoms. The summed E-state index contributed by atoms with van der Waals surface area (Å²) in [4.78, 5) is 108. The van der Waals surface area contributed by atoms with Gasteiger partial charge in [0, 0.05) is 114 Å². The van der Waals surface area contributed by atoms with Crippen LogP contribution in [0.4, 0.5) is 11.4 Å². The van der Waals surface area contributed by atoms with Crippen LogP contribution in [0, 0.1) is 0 Å². The highest BCUT2D eigenvalue weighted by atomic mass is 32.1. The zero-order chi connectivity index (χ0) is 78.6. The highest BCUT2D eigenvalue weighted by Crippen LogP contribution is 2.49. The average molecular weight is 1530 g/mol. The van der Waals surface area contributed by atoms with E-state index in [2.05, 4.69) is 84.2 Å². The lowest BCUT2D eigenvalue weighted by molar-refractivity contribution is -0.894. The van der Waals surface area contributed by atoms with E-state index in [0.717, 1.165) is 163 Å². The monoisotopic (exact) mass is 1530 g/mol. The molecule has 6 aromatic carbocycles. The van der Waals surface area contributed by atoms with Crippen LogP contribution >= 0.6 is 22.7 Å². The zero-order valence-electron chi connectivity index (χ0n) is 67.0. The lowest BCUT2D eigenvalue weighted by Crippen LogP contribution is -3.11. The van der Waals surface area contributed by atoms with E-state index in [9.17, 15) is 24.0 Å². The molecule has 584 valence electrons. The summed E-state index contributed by atoms with van der Waals surface area (Å²) in [5, 5.41) is 2.95. The van der Waals surface area contributed by atoms with E-state index in [4.69, 9.17) is 33.1 Å². The van der Waals surface area contributed by atoms with E-state index in [1.807, 2.05) is 128 Å². The third-order valence-corrected chi connectivity index (χ3v) is 23.6. The van der Waals surface area contributed by atoms with Crippen LogP contribution in [0.15, 0.2) is 128 Å². The van der Waals surface area contributed by atoms with Crippen molar-refractivity contribution in [3.05, 3.63) is 163 Å². The number of nitrogens with zero attached hydrogens (tertiary/aromatic N) is 6. The van der Waals surface area contributed by atoms with Crippen molar-refractivity contribution in [3.63, 3.8) is 0 Å². The van der Waals surface area contributed by atoms with Crippen molar-refractivity contribution in [2.24, 2.45) is 0 Å². The Morgan fingerprint density at radius 3 is 1.25 bits per heavy atom. The predicted octanol–water partition coefficient (Wildman–Crippen LogP) is 16.2. The number of amides is 2. The number of esters is 1. The normalized spacial score (nSPS) is 13.4. The van der Waals surface area contributed by atoms with Crippen LogP contribution in [0.25, 0.3) is 85.8 Å². The summed E-state index contributed by atoms with van der Waals surface area (Å²) < 4.78 is 20.2. The molecule has 0 fully saturated rings. The third kappa shape index (κ3) is 19.4. The van der Waals surface area contributed by atoms with Crippen LogP contribution in [0.3, 0.4) is 0 Å². The number of unbranched alkanes of at least 4 members (excludes halogenated alkanes) is 2. The summed E-state index contributed by atoms with van der Waals surface area (Å²) in [5.41, 5.74) is 13.7. The predicted molar refractivity (Wildman–Crippen MR) is 448 cm³/mol. The van der Waals surface area contributed by atoms with Gasteiger partial charge in [-0.25, -0.2) is 19.6 Å². The maximum Gasteiger partial charge on any atom is 0.373 e. The van der Waals surface area contributed by atoms with Gasteiger partial charge in [0.25, 0.3) is 11.8 Å². The molecule has 0 saturated heterocycles. The zero-order valence-corrected chi connectivity index (χ0v) is 68.6. The molecule has 18 nitrogen and oxygen atoms in total. The second-order valence-corrected chi connectivity index (χ2v) is 32.0. The van der Waals surface area contributed by atoms with Crippen molar-refractivity contribution in [1.82, 2.24) is 19.8 Å². The Balaban J connectivity index is 0.000000195. The van der Waals surface area contributed by atoms with Crippen LogP contribution in [0.1, 0.15) is 197 Å². The number of benzene rings is 6. The number of para-hydroxylation sites is 2. The lowest BCUT2D eigenvalue weighted by atomic mass is 9.86. The molecule has 10 aromatic rings. The van der Waals surface area contributed by atoms with Crippen LogP contribution in [-0.4, -0.2) is 141 Å². The summed E-state index contributed by atoms with van der Waals surface area (Å²) in [6, 6.07) is 35.7. The second-order valence-electron chi connectivity index (χ2n) is 29.9. The van der Waals surface area contributed by atoms with Crippen LogP contribution in [0.2, 0.25) is 0 Å². The highest BCUT2D eigenvalue weighted by molar-refractivity contribution is 7.22. The molecule has 2 N–H and O–H groups in total. The van der Waals surface area contributed by atoms with E-state index >= 15 is 0 Å². The number of nitrogens with one attached hydrogen (secondary N) is 2. The number of anilines is 2. The molecule has 0 saturated carbocycles. The SMILES string of the molecule is CCCCN(CCC)C(=O)c1ccccc1-c1c(-c2nc3ccccc3s2)c(=O)oc2c3c4c(cc12)CCCN4CCC3.CCCCN(CCCC(=O)OC(C)(C)C)C(=O)c1ccccc1-c1c(-c2nc3ccccc3s2)c(=O)oc2c3c4c(cc12)CCCN4CCC3.CC[NH+](CC)CC.CC[NH+](CC)CC.O=C=O. The van der Waals surface area contributed by atoms with Crippen molar-refractivity contribution in [2.75, 3.05) is 101 Å². The van der Waals surface area contributed by atoms with Gasteiger partial charge in [0.2, 0.25) is 0 Å². The molecule has 110 heavy (non-hydrogen) atoms.